The van der Waals surface area contributed by atoms with E-state index in [0.29, 0.717) is 29.1 Å². The summed E-state index contributed by atoms with van der Waals surface area (Å²) >= 11 is 0. The fraction of sp³-hybridized carbons (Fsp3) is 0.576. The van der Waals surface area contributed by atoms with Crippen molar-refractivity contribution >= 4 is 11.8 Å². The Kier molecular flexibility index (Phi) is 9.45. The molecule has 3 aliphatic rings. The van der Waals surface area contributed by atoms with E-state index in [1.54, 1.807) is 24.3 Å². The highest BCUT2D eigenvalue weighted by molar-refractivity contribution is 6.04. The number of fused-ring (bicyclic) bond motifs is 1. The lowest BCUT2D eigenvalue weighted by Crippen LogP contribution is -2.41. The Morgan fingerprint density at radius 3 is 2.25 bits per heavy atom. The van der Waals surface area contributed by atoms with Gasteiger partial charge < -0.3 is 43.0 Å². The summed E-state index contributed by atoms with van der Waals surface area (Å²) in [4.78, 5) is 28.2. The van der Waals surface area contributed by atoms with Gasteiger partial charge in [-0.25, -0.2) is 0 Å². The van der Waals surface area contributed by atoms with Gasteiger partial charge in [0.1, 0.15) is 11.8 Å². The maximum absolute atomic E-state index is 14.5. The molecule has 2 fully saturated rings. The topological polar surface area (TPSA) is 128 Å². The molecule has 1 saturated heterocycles. The largest absolute Gasteiger partial charge is 0.493 e. The second-order valence-electron chi connectivity index (χ2n) is 12.0. The molecular formula is C33H42O11. The quantitative estimate of drug-likeness (QED) is 0.272. The number of aliphatic hydroxyl groups excluding tert-OH is 1. The van der Waals surface area contributed by atoms with Crippen molar-refractivity contribution in [2.75, 3.05) is 35.2 Å². The molecular weight excluding hydrogens is 572 g/mol. The molecule has 1 saturated carbocycles. The number of aliphatic hydroxyl groups is 1. The Morgan fingerprint density at radius 1 is 0.955 bits per heavy atom. The van der Waals surface area contributed by atoms with Crippen molar-refractivity contribution in [1.82, 2.24) is 0 Å². The van der Waals surface area contributed by atoms with Crippen LogP contribution in [0.3, 0.4) is 0 Å². The SMILES string of the molecule is COc1cc([C@@H](O)[C@H]2C(=O)O[C@@H](O[C@@H]3C[C@H](C)CC[C@H]3C(C)C)[C@@H]2C(=O)c2ccc3c(c2OC)OCO3)cc(OC)c1OC. The minimum atomic E-state index is -1.48. The number of ketones is 1. The lowest BCUT2D eigenvalue weighted by Gasteiger charge is -2.38. The van der Waals surface area contributed by atoms with Crippen LogP contribution in [-0.4, -0.2) is 64.5 Å². The van der Waals surface area contributed by atoms with Gasteiger partial charge in [0.2, 0.25) is 24.6 Å². The summed E-state index contributed by atoms with van der Waals surface area (Å²) < 4.78 is 45.5. The molecule has 2 heterocycles. The number of benzene rings is 2. The van der Waals surface area contributed by atoms with Crippen LogP contribution >= 0.6 is 0 Å². The van der Waals surface area contributed by atoms with Crippen LogP contribution in [0, 0.1) is 29.6 Å². The summed E-state index contributed by atoms with van der Waals surface area (Å²) in [5.41, 5.74) is 0.442. The number of carbonyl (C=O) groups excluding carboxylic acids is 2. The van der Waals surface area contributed by atoms with E-state index < -0.39 is 36.0 Å². The van der Waals surface area contributed by atoms with E-state index >= 15 is 0 Å². The number of hydrogen-bond donors (Lipinski definition) is 1. The van der Waals surface area contributed by atoms with E-state index in [0.717, 1.165) is 19.3 Å². The summed E-state index contributed by atoms with van der Waals surface area (Å²) in [5.74, 6) is -0.993. The molecule has 0 radical (unpaired) electrons. The number of rotatable bonds is 11. The van der Waals surface area contributed by atoms with Crippen LogP contribution in [0.1, 0.15) is 62.1 Å². The van der Waals surface area contributed by atoms with Gasteiger partial charge >= 0.3 is 5.97 Å². The maximum atomic E-state index is 14.5. The summed E-state index contributed by atoms with van der Waals surface area (Å²) in [7, 11) is 5.80. The van der Waals surface area contributed by atoms with Crippen molar-refractivity contribution in [3.63, 3.8) is 0 Å². The molecule has 0 unspecified atom stereocenters. The van der Waals surface area contributed by atoms with Crippen LogP contribution in [0.25, 0.3) is 0 Å². The van der Waals surface area contributed by atoms with Crippen LogP contribution in [0.2, 0.25) is 0 Å². The molecule has 2 aromatic rings. The summed E-state index contributed by atoms with van der Waals surface area (Å²) in [6.45, 7) is 6.45. The van der Waals surface area contributed by atoms with Gasteiger partial charge in [0, 0.05) is 0 Å². The van der Waals surface area contributed by atoms with Crippen LogP contribution in [0.15, 0.2) is 24.3 Å². The van der Waals surface area contributed by atoms with E-state index in [-0.39, 0.29) is 47.2 Å². The first-order valence-corrected chi connectivity index (χ1v) is 15.0. The third kappa shape index (κ3) is 5.75. The lowest BCUT2D eigenvalue weighted by atomic mass is 9.75. The van der Waals surface area contributed by atoms with Gasteiger partial charge in [0.15, 0.2) is 28.8 Å². The lowest BCUT2D eigenvalue weighted by molar-refractivity contribution is -0.192. The zero-order chi connectivity index (χ0) is 31.7. The molecule has 240 valence electrons. The highest BCUT2D eigenvalue weighted by atomic mass is 16.7. The number of Topliss-reactive ketones (excluding diaryl/α,β-unsaturated/α-hetero) is 1. The van der Waals surface area contributed by atoms with E-state index in [1.807, 2.05) is 0 Å². The Morgan fingerprint density at radius 2 is 1.64 bits per heavy atom. The maximum Gasteiger partial charge on any atom is 0.315 e. The van der Waals surface area contributed by atoms with Gasteiger partial charge in [-0.3, -0.25) is 9.59 Å². The first kappa shape index (κ1) is 31.7. The molecule has 1 N–H and O–H groups in total. The van der Waals surface area contributed by atoms with Crippen molar-refractivity contribution in [3.05, 3.63) is 35.4 Å². The Hall–Kier alpha value is -3.70. The monoisotopic (exact) mass is 614 g/mol. The van der Waals surface area contributed by atoms with Gasteiger partial charge in [-0.15, -0.1) is 0 Å². The highest BCUT2D eigenvalue weighted by Gasteiger charge is 2.55. The molecule has 0 amide bonds. The summed E-state index contributed by atoms with van der Waals surface area (Å²) in [6.07, 6.45) is -0.135. The number of cyclic esters (lactones) is 1. The summed E-state index contributed by atoms with van der Waals surface area (Å²) in [6, 6.07) is 6.28. The third-order valence-corrected chi connectivity index (χ3v) is 9.09. The summed E-state index contributed by atoms with van der Waals surface area (Å²) in [5, 5.41) is 11.8. The van der Waals surface area contributed by atoms with Crippen molar-refractivity contribution in [2.24, 2.45) is 29.6 Å². The van der Waals surface area contributed by atoms with Crippen molar-refractivity contribution < 1.29 is 52.6 Å². The number of methoxy groups -OCH3 is 4. The first-order valence-electron chi connectivity index (χ1n) is 15.0. The minimum Gasteiger partial charge on any atom is -0.493 e. The van der Waals surface area contributed by atoms with Gasteiger partial charge in [-0.2, -0.15) is 0 Å². The number of esters is 1. The van der Waals surface area contributed by atoms with Gasteiger partial charge in [-0.05, 0) is 60.4 Å². The Balaban J connectivity index is 1.58. The van der Waals surface area contributed by atoms with E-state index in [1.165, 1.54) is 28.4 Å². The van der Waals surface area contributed by atoms with Crippen LogP contribution in [0.4, 0.5) is 0 Å². The molecule has 7 atom stereocenters. The molecule has 2 aromatic carbocycles. The fourth-order valence-electron chi connectivity index (χ4n) is 6.75. The highest BCUT2D eigenvalue weighted by Crippen LogP contribution is 2.49. The molecule has 44 heavy (non-hydrogen) atoms. The second-order valence-corrected chi connectivity index (χ2v) is 12.0. The smallest absolute Gasteiger partial charge is 0.315 e. The van der Waals surface area contributed by atoms with E-state index in [4.69, 9.17) is 37.9 Å². The average molecular weight is 615 g/mol. The second kappa shape index (κ2) is 13.1. The standard InChI is InChI=1S/C33H42O11/c1-16(2)19-9-8-17(3)12-22(19)43-33-26(28(35)20-10-11-21-31(29(20)39-6)42-15-41-21)25(32(36)44-33)27(34)18-13-23(37-4)30(40-7)24(14-18)38-5/h10-11,13-14,16-17,19,22,25-27,33-34H,8-9,12,15H2,1-7H3/t17-,19+,22-,25+,26+,27-,33-/m1/s1. The average Bonchev–Trinajstić information content (AvgIpc) is 3.62. The first-order chi connectivity index (χ1) is 21.1. The molecule has 2 aliphatic heterocycles. The molecule has 11 heteroatoms. The molecule has 5 rings (SSSR count). The minimum absolute atomic E-state index is 0.0149. The molecule has 1 aliphatic carbocycles. The third-order valence-electron chi connectivity index (χ3n) is 9.09. The van der Waals surface area contributed by atoms with Gasteiger partial charge in [0.25, 0.3) is 0 Å². The van der Waals surface area contributed by atoms with E-state index in [9.17, 15) is 14.7 Å². The number of hydrogen-bond acceptors (Lipinski definition) is 11. The fourth-order valence-corrected chi connectivity index (χ4v) is 6.75. The van der Waals surface area contributed by atoms with Crippen LogP contribution in [0.5, 0.6) is 34.5 Å². The number of ether oxygens (including phenoxy) is 8. The van der Waals surface area contributed by atoms with Gasteiger partial charge in [-0.1, -0.05) is 27.2 Å². The van der Waals surface area contributed by atoms with Gasteiger partial charge in [0.05, 0.1) is 46.2 Å². The Labute approximate surface area is 257 Å². The molecule has 11 nitrogen and oxygen atoms in total. The van der Waals surface area contributed by atoms with Crippen LogP contribution in [-0.2, 0) is 14.3 Å². The zero-order valence-electron chi connectivity index (χ0n) is 26.3. The van der Waals surface area contributed by atoms with Crippen molar-refractivity contribution in [3.8, 4) is 34.5 Å². The molecule has 0 spiro atoms. The molecule has 0 aromatic heterocycles. The van der Waals surface area contributed by atoms with Crippen molar-refractivity contribution in [2.45, 2.75) is 58.5 Å². The predicted molar refractivity (Wildman–Crippen MR) is 158 cm³/mol. The molecule has 0 bridgehead atoms. The Bertz CT molecular complexity index is 1350. The zero-order valence-corrected chi connectivity index (χ0v) is 26.3. The predicted octanol–water partition coefficient (Wildman–Crippen LogP) is 4.96. The number of carbonyl (C=O) groups is 2. The van der Waals surface area contributed by atoms with Crippen molar-refractivity contribution in [1.29, 1.82) is 0 Å². The van der Waals surface area contributed by atoms with E-state index in [2.05, 4.69) is 20.8 Å². The van der Waals surface area contributed by atoms with Crippen LogP contribution < -0.4 is 28.4 Å². The normalized spacial score (nSPS) is 26.7.